The first-order valence-corrected chi connectivity index (χ1v) is 2.67. The average Bonchev–Trinajstić information content (AvgIpc) is 1.65. The Morgan fingerprint density at radius 2 is 2.12 bits per heavy atom. The van der Waals surface area contributed by atoms with Crippen molar-refractivity contribution in [1.82, 2.24) is 10.2 Å². The molecule has 0 unspecified atom stereocenters. The summed E-state index contributed by atoms with van der Waals surface area (Å²) in [4.78, 5) is 2.07. The molecule has 0 aliphatic heterocycles. The van der Waals surface area contributed by atoms with Gasteiger partial charge in [-0.1, -0.05) is 6.58 Å². The fourth-order valence-corrected chi connectivity index (χ4v) is 0.461. The van der Waals surface area contributed by atoms with E-state index in [0.717, 1.165) is 12.2 Å². The third kappa shape index (κ3) is 3.68. The molecule has 2 nitrogen and oxygen atoms in total. The van der Waals surface area contributed by atoms with Crippen LogP contribution in [0.1, 0.15) is 0 Å². The summed E-state index contributed by atoms with van der Waals surface area (Å²) in [5.74, 6) is 0. The molecule has 0 heterocycles. The Morgan fingerprint density at radius 3 is 2.25 bits per heavy atom. The average molecular weight is 114 g/mol. The number of nitrogens with zero attached hydrogens (tertiary/aromatic N) is 1. The first-order chi connectivity index (χ1) is 3.66. The van der Waals surface area contributed by atoms with Gasteiger partial charge in [0.25, 0.3) is 0 Å². The van der Waals surface area contributed by atoms with Crippen molar-refractivity contribution in [2.75, 3.05) is 27.7 Å². The number of hydrogen-bond acceptors (Lipinski definition) is 2. The molecule has 1 N–H and O–H groups in total. The lowest BCUT2D eigenvalue weighted by molar-refractivity contribution is 0.437. The number of nitrogens with one attached hydrogen (secondary N) is 1. The summed E-state index contributed by atoms with van der Waals surface area (Å²) >= 11 is 0. The maximum Gasteiger partial charge on any atom is 0.0369 e. The monoisotopic (exact) mass is 114 g/mol. The summed E-state index contributed by atoms with van der Waals surface area (Å²) in [5, 5.41) is 2.96. The van der Waals surface area contributed by atoms with E-state index in [0.29, 0.717) is 0 Å². The molecule has 0 bridgehead atoms. The predicted molar refractivity (Wildman–Crippen MR) is 36.8 cm³/mol. The van der Waals surface area contributed by atoms with Crippen LogP contribution in [0, 0.1) is 0 Å². The lowest BCUT2D eigenvalue weighted by Crippen LogP contribution is -2.20. The van der Waals surface area contributed by atoms with E-state index in [1.54, 1.807) is 0 Å². The van der Waals surface area contributed by atoms with Gasteiger partial charge in [0.1, 0.15) is 0 Å². The van der Waals surface area contributed by atoms with Crippen molar-refractivity contribution in [3.63, 3.8) is 0 Å². The van der Waals surface area contributed by atoms with Gasteiger partial charge < -0.3 is 10.2 Å². The first kappa shape index (κ1) is 7.50. The van der Waals surface area contributed by atoms with Gasteiger partial charge in [-0.15, -0.1) is 0 Å². The highest BCUT2D eigenvalue weighted by Gasteiger charge is 1.89. The first-order valence-electron chi connectivity index (χ1n) is 2.67. The van der Waals surface area contributed by atoms with E-state index in [1.807, 2.05) is 21.1 Å². The normalized spacial score (nSPS) is 9.50. The molecule has 0 atom stereocenters. The minimum atomic E-state index is 0.913. The minimum absolute atomic E-state index is 0.913. The van der Waals surface area contributed by atoms with Gasteiger partial charge in [-0.3, -0.25) is 0 Å². The van der Waals surface area contributed by atoms with E-state index >= 15 is 0 Å². The highest BCUT2D eigenvalue weighted by atomic mass is 15.1. The molecule has 2 heteroatoms. The van der Waals surface area contributed by atoms with Crippen LogP contribution in [0.25, 0.3) is 0 Å². The fourth-order valence-electron chi connectivity index (χ4n) is 0.461. The molecule has 8 heavy (non-hydrogen) atoms. The topological polar surface area (TPSA) is 15.3 Å². The van der Waals surface area contributed by atoms with Crippen LogP contribution in [0.2, 0.25) is 0 Å². The zero-order valence-corrected chi connectivity index (χ0v) is 5.86. The molecule has 0 aromatic carbocycles. The number of hydrogen-bond donors (Lipinski definition) is 1. The minimum Gasteiger partial charge on any atom is -0.391 e. The molecule has 0 rings (SSSR count). The van der Waals surface area contributed by atoms with E-state index in [4.69, 9.17) is 0 Å². The second-order valence-electron chi connectivity index (χ2n) is 2.09. The SMILES string of the molecule is C=C(CN(C)C)NC. The summed E-state index contributed by atoms with van der Waals surface area (Å²) in [6, 6.07) is 0. The van der Waals surface area contributed by atoms with Gasteiger partial charge in [-0.2, -0.15) is 0 Å². The molecule has 0 aromatic heterocycles. The van der Waals surface area contributed by atoms with Gasteiger partial charge in [0.15, 0.2) is 0 Å². The van der Waals surface area contributed by atoms with Crippen molar-refractivity contribution < 1.29 is 0 Å². The number of rotatable bonds is 3. The zero-order valence-electron chi connectivity index (χ0n) is 5.86. The summed E-state index contributed by atoms with van der Waals surface area (Å²) < 4.78 is 0. The molecular weight excluding hydrogens is 100 g/mol. The largest absolute Gasteiger partial charge is 0.391 e. The van der Waals surface area contributed by atoms with Crippen molar-refractivity contribution in [3.05, 3.63) is 12.3 Å². The van der Waals surface area contributed by atoms with E-state index < -0.39 is 0 Å². The van der Waals surface area contributed by atoms with E-state index in [1.165, 1.54) is 0 Å². The third-order valence-electron chi connectivity index (χ3n) is 0.861. The Hall–Kier alpha value is -0.500. The van der Waals surface area contributed by atoms with Gasteiger partial charge in [0.2, 0.25) is 0 Å². The molecule has 0 radical (unpaired) electrons. The second-order valence-corrected chi connectivity index (χ2v) is 2.09. The van der Waals surface area contributed by atoms with Crippen LogP contribution in [-0.4, -0.2) is 32.6 Å². The third-order valence-corrected chi connectivity index (χ3v) is 0.861. The highest BCUT2D eigenvalue weighted by Crippen LogP contribution is 1.82. The molecule has 0 amide bonds. The molecular formula is C6H14N2. The van der Waals surface area contributed by atoms with Crippen LogP contribution in [-0.2, 0) is 0 Å². The molecule has 0 fully saturated rings. The Bertz CT molecular complexity index is 76.6. The quantitative estimate of drug-likeness (QED) is 0.567. The van der Waals surface area contributed by atoms with Crippen molar-refractivity contribution >= 4 is 0 Å². The number of likely N-dealkylation sites (N-methyl/N-ethyl adjacent to an activating group) is 2. The lowest BCUT2D eigenvalue weighted by Gasteiger charge is -2.10. The van der Waals surface area contributed by atoms with Crippen LogP contribution in [0.5, 0.6) is 0 Å². The van der Waals surface area contributed by atoms with E-state index in [9.17, 15) is 0 Å². The standard InChI is InChI=1S/C6H14N2/c1-6(7-2)5-8(3)4/h7H,1,5H2,2-4H3. The maximum atomic E-state index is 3.76. The van der Waals surface area contributed by atoms with Crippen molar-refractivity contribution in [1.29, 1.82) is 0 Å². The highest BCUT2D eigenvalue weighted by molar-refractivity contribution is 4.91. The Balaban J connectivity index is 3.25. The van der Waals surface area contributed by atoms with Crippen molar-refractivity contribution in [2.24, 2.45) is 0 Å². The summed E-state index contributed by atoms with van der Waals surface area (Å²) in [6.07, 6.45) is 0. The summed E-state index contributed by atoms with van der Waals surface area (Å²) in [6.45, 7) is 4.67. The van der Waals surface area contributed by atoms with Crippen molar-refractivity contribution in [2.45, 2.75) is 0 Å². The Labute approximate surface area is 51.2 Å². The fraction of sp³-hybridized carbons (Fsp3) is 0.667. The predicted octanol–water partition coefficient (Wildman–Crippen LogP) is 0.281. The van der Waals surface area contributed by atoms with Crippen LogP contribution in [0.3, 0.4) is 0 Å². The second kappa shape index (κ2) is 3.50. The molecule has 0 saturated carbocycles. The lowest BCUT2D eigenvalue weighted by atomic mass is 10.5. The summed E-state index contributed by atoms with van der Waals surface area (Å²) in [7, 11) is 5.91. The van der Waals surface area contributed by atoms with E-state index in [-0.39, 0.29) is 0 Å². The van der Waals surface area contributed by atoms with Crippen LogP contribution in [0.15, 0.2) is 12.3 Å². The molecule has 0 saturated heterocycles. The smallest absolute Gasteiger partial charge is 0.0369 e. The maximum absolute atomic E-state index is 3.76. The van der Waals surface area contributed by atoms with Crippen molar-refractivity contribution in [3.8, 4) is 0 Å². The Kier molecular flexibility index (Phi) is 3.28. The van der Waals surface area contributed by atoms with Gasteiger partial charge in [-0.25, -0.2) is 0 Å². The van der Waals surface area contributed by atoms with Crippen LogP contribution < -0.4 is 5.32 Å². The van der Waals surface area contributed by atoms with Gasteiger partial charge >= 0.3 is 0 Å². The van der Waals surface area contributed by atoms with Gasteiger partial charge in [0.05, 0.1) is 0 Å². The van der Waals surface area contributed by atoms with Crippen LogP contribution >= 0.6 is 0 Å². The molecule has 0 aliphatic carbocycles. The molecule has 0 aromatic rings. The van der Waals surface area contributed by atoms with E-state index in [2.05, 4.69) is 16.8 Å². The molecule has 0 spiro atoms. The molecule has 0 aliphatic rings. The molecule has 48 valence electrons. The zero-order chi connectivity index (χ0) is 6.57. The Morgan fingerprint density at radius 1 is 1.62 bits per heavy atom. The summed E-state index contributed by atoms with van der Waals surface area (Å²) in [5.41, 5.74) is 1.05. The van der Waals surface area contributed by atoms with Crippen LogP contribution in [0.4, 0.5) is 0 Å². The van der Waals surface area contributed by atoms with Gasteiger partial charge in [-0.05, 0) is 14.1 Å². The van der Waals surface area contributed by atoms with Gasteiger partial charge in [0, 0.05) is 19.3 Å².